The lowest BCUT2D eigenvalue weighted by Crippen LogP contribution is -2.28. The molecule has 29 heavy (non-hydrogen) atoms. The standard InChI is InChI=1S/C23H24N2O4/c1-3-4-12-29-23(28)17-8-7-9-18(14-17)24-21(26)15-25-20-11-6-5-10-19(20)16(2)13-22(25)27/h5-11,13-14H,3-4,12,15H2,1-2H3,(H,24,26). The molecule has 3 rings (SSSR count). The summed E-state index contributed by atoms with van der Waals surface area (Å²) >= 11 is 0. The molecule has 0 spiro atoms. The predicted octanol–water partition coefficient (Wildman–Crippen LogP) is 3.91. The fraction of sp³-hybridized carbons (Fsp3) is 0.261. The summed E-state index contributed by atoms with van der Waals surface area (Å²) in [6.45, 7) is 4.14. The van der Waals surface area contributed by atoms with Crippen molar-refractivity contribution in [1.82, 2.24) is 4.57 Å². The molecule has 6 nitrogen and oxygen atoms in total. The first kappa shape index (κ1) is 20.3. The quantitative estimate of drug-likeness (QED) is 0.489. The van der Waals surface area contributed by atoms with Crippen LogP contribution >= 0.6 is 0 Å². The van der Waals surface area contributed by atoms with Gasteiger partial charge in [-0.1, -0.05) is 37.6 Å². The van der Waals surface area contributed by atoms with Crippen LogP contribution in [-0.2, 0) is 16.1 Å². The van der Waals surface area contributed by atoms with E-state index >= 15 is 0 Å². The summed E-state index contributed by atoms with van der Waals surface area (Å²) in [4.78, 5) is 37.1. The number of nitrogens with zero attached hydrogens (tertiary/aromatic N) is 1. The summed E-state index contributed by atoms with van der Waals surface area (Å²) in [5.41, 5.74) is 2.20. The summed E-state index contributed by atoms with van der Waals surface area (Å²) in [6.07, 6.45) is 1.75. The van der Waals surface area contributed by atoms with Crippen molar-refractivity contribution < 1.29 is 14.3 Å². The van der Waals surface area contributed by atoms with Crippen molar-refractivity contribution in [3.8, 4) is 0 Å². The Morgan fingerprint density at radius 2 is 1.86 bits per heavy atom. The van der Waals surface area contributed by atoms with Gasteiger partial charge in [0.1, 0.15) is 6.54 Å². The highest BCUT2D eigenvalue weighted by molar-refractivity contribution is 5.95. The van der Waals surface area contributed by atoms with Gasteiger partial charge in [-0.05, 0) is 43.2 Å². The summed E-state index contributed by atoms with van der Waals surface area (Å²) in [7, 11) is 0. The summed E-state index contributed by atoms with van der Waals surface area (Å²) in [5.74, 6) is -0.770. The molecule has 0 aliphatic carbocycles. The molecule has 0 saturated heterocycles. The minimum absolute atomic E-state index is 0.120. The molecule has 150 valence electrons. The maximum absolute atomic E-state index is 12.6. The van der Waals surface area contributed by atoms with E-state index in [4.69, 9.17) is 4.74 Å². The SMILES string of the molecule is CCCCOC(=O)c1cccc(NC(=O)Cn2c(=O)cc(C)c3ccccc32)c1. The Balaban J connectivity index is 1.75. The second kappa shape index (κ2) is 9.19. The minimum atomic E-state index is -0.421. The second-order valence-corrected chi connectivity index (χ2v) is 6.89. The summed E-state index contributed by atoms with van der Waals surface area (Å²) in [6, 6.07) is 15.6. The number of carbonyl (C=O) groups excluding carboxylic acids is 2. The Labute approximate surface area is 169 Å². The lowest BCUT2D eigenvalue weighted by atomic mass is 10.1. The average molecular weight is 392 g/mol. The Bertz CT molecular complexity index is 1100. The lowest BCUT2D eigenvalue weighted by Gasteiger charge is -2.12. The number of unbranched alkanes of at least 4 members (excludes halogenated alkanes) is 1. The molecule has 1 aromatic heterocycles. The number of rotatable bonds is 7. The number of anilines is 1. The van der Waals surface area contributed by atoms with Gasteiger partial charge in [0.15, 0.2) is 0 Å². The molecule has 0 atom stereocenters. The number of ether oxygens (including phenoxy) is 1. The maximum Gasteiger partial charge on any atom is 0.338 e. The zero-order chi connectivity index (χ0) is 20.8. The number of fused-ring (bicyclic) bond motifs is 1. The van der Waals surface area contributed by atoms with Gasteiger partial charge >= 0.3 is 5.97 Å². The molecule has 2 aromatic carbocycles. The molecule has 1 heterocycles. The molecule has 3 aromatic rings. The van der Waals surface area contributed by atoms with Crippen LogP contribution in [0.15, 0.2) is 59.4 Å². The van der Waals surface area contributed by atoms with E-state index in [2.05, 4.69) is 5.32 Å². The number of carbonyl (C=O) groups is 2. The fourth-order valence-corrected chi connectivity index (χ4v) is 3.13. The highest BCUT2D eigenvalue weighted by Gasteiger charge is 2.12. The van der Waals surface area contributed by atoms with Gasteiger partial charge in [0.25, 0.3) is 5.56 Å². The highest BCUT2D eigenvalue weighted by Crippen LogP contribution is 2.16. The average Bonchev–Trinajstić information content (AvgIpc) is 2.71. The second-order valence-electron chi connectivity index (χ2n) is 6.89. The van der Waals surface area contributed by atoms with Crippen molar-refractivity contribution in [3.63, 3.8) is 0 Å². The Kier molecular flexibility index (Phi) is 6.44. The smallest absolute Gasteiger partial charge is 0.338 e. The van der Waals surface area contributed by atoms with Crippen LogP contribution in [0.4, 0.5) is 5.69 Å². The van der Waals surface area contributed by atoms with Crippen LogP contribution in [0.3, 0.4) is 0 Å². The minimum Gasteiger partial charge on any atom is -0.462 e. The first-order valence-corrected chi connectivity index (χ1v) is 9.66. The molecule has 1 N–H and O–H groups in total. The number of para-hydroxylation sites is 1. The van der Waals surface area contributed by atoms with E-state index in [0.717, 1.165) is 23.8 Å². The van der Waals surface area contributed by atoms with E-state index in [-0.39, 0.29) is 18.0 Å². The molecule has 0 radical (unpaired) electrons. The molecule has 6 heteroatoms. The van der Waals surface area contributed by atoms with Crippen LogP contribution in [0, 0.1) is 6.92 Å². The highest BCUT2D eigenvalue weighted by atomic mass is 16.5. The van der Waals surface area contributed by atoms with Crippen LogP contribution in [-0.4, -0.2) is 23.1 Å². The number of hydrogen-bond acceptors (Lipinski definition) is 4. The van der Waals surface area contributed by atoms with Crippen LogP contribution < -0.4 is 10.9 Å². The van der Waals surface area contributed by atoms with E-state index in [1.54, 1.807) is 24.3 Å². The van der Waals surface area contributed by atoms with Crippen LogP contribution in [0.5, 0.6) is 0 Å². The molecule has 0 bridgehead atoms. The Hall–Kier alpha value is -3.41. The Morgan fingerprint density at radius 3 is 2.66 bits per heavy atom. The monoisotopic (exact) mass is 392 g/mol. The number of aromatic nitrogens is 1. The van der Waals surface area contributed by atoms with E-state index in [1.165, 1.54) is 10.6 Å². The largest absolute Gasteiger partial charge is 0.462 e. The van der Waals surface area contributed by atoms with Gasteiger partial charge in [0, 0.05) is 17.1 Å². The van der Waals surface area contributed by atoms with Gasteiger partial charge in [0.2, 0.25) is 5.91 Å². The molecule has 0 fully saturated rings. The number of pyridine rings is 1. The number of benzene rings is 2. The Morgan fingerprint density at radius 1 is 1.07 bits per heavy atom. The third-order valence-corrected chi connectivity index (χ3v) is 4.64. The fourth-order valence-electron chi connectivity index (χ4n) is 3.13. The third kappa shape index (κ3) is 4.90. The van der Waals surface area contributed by atoms with Crippen molar-refractivity contribution in [2.24, 2.45) is 0 Å². The number of amides is 1. The number of aryl methyl sites for hydroxylation is 1. The van der Waals surface area contributed by atoms with Gasteiger partial charge in [-0.15, -0.1) is 0 Å². The zero-order valence-electron chi connectivity index (χ0n) is 16.6. The van der Waals surface area contributed by atoms with E-state index in [1.807, 2.05) is 38.1 Å². The maximum atomic E-state index is 12.6. The molecule has 0 aliphatic rings. The molecule has 0 unspecified atom stereocenters. The number of esters is 1. The van der Waals surface area contributed by atoms with E-state index < -0.39 is 5.97 Å². The van der Waals surface area contributed by atoms with Crippen molar-refractivity contribution in [2.75, 3.05) is 11.9 Å². The van der Waals surface area contributed by atoms with Crippen molar-refractivity contribution >= 4 is 28.5 Å². The van der Waals surface area contributed by atoms with Gasteiger partial charge in [-0.3, -0.25) is 14.2 Å². The third-order valence-electron chi connectivity index (χ3n) is 4.64. The van der Waals surface area contributed by atoms with Gasteiger partial charge in [-0.2, -0.15) is 0 Å². The molecule has 0 aliphatic heterocycles. The van der Waals surface area contributed by atoms with Crippen LogP contribution in [0.2, 0.25) is 0 Å². The number of hydrogen-bond donors (Lipinski definition) is 1. The predicted molar refractivity (Wildman–Crippen MR) is 113 cm³/mol. The van der Waals surface area contributed by atoms with Crippen molar-refractivity contribution in [1.29, 1.82) is 0 Å². The van der Waals surface area contributed by atoms with E-state index in [0.29, 0.717) is 23.4 Å². The van der Waals surface area contributed by atoms with Crippen LogP contribution in [0.1, 0.15) is 35.7 Å². The van der Waals surface area contributed by atoms with Gasteiger partial charge < -0.3 is 10.1 Å². The molecule has 0 saturated carbocycles. The molecule has 1 amide bonds. The summed E-state index contributed by atoms with van der Waals surface area (Å²) in [5, 5.41) is 3.68. The van der Waals surface area contributed by atoms with E-state index in [9.17, 15) is 14.4 Å². The summed E-state index contributed by atoms with van der Waals surface area (Å²) < 4.78 is 6.65. The number of nitrogens with one attached hydrogen (secondary N) is 1. The first-order chi connectivity index (χ1) is 14.0. The lowest BCUT2D eigenvalue weighted by molar-refractivity contribution is -0.116. The topological polar surface area (TPSA) is 77.4 Å². The molecular weight excluding hydrogens is 368 g/mol. The molecular formula is C23H24N2O4. The first-order valence-electron chi connectivity index (χ1n) is 9.66. The normalized spacial score (nSPS) is 10.7. The van der Waals surface area contributed by atoms with Crippen molar-refractivity contribution in [3.05, 3.63) is 76.1 Å². The van der Waals surface area contributed by atoms with Crippen LogP contribution in [0.25, 0.3) is 10.9 Å². The van der Waals surface area contributed by atoms with Crippen molar-refractivity contribution in [2.45, 2.75) is 33.2 Å². The van der Waals surface area contributed by atoms with Gasteiger partial charge in [-0.25, -0.2) is 4.79 Å². The van der Waals surface area contributed by atoms with Gasteiger partial charge in [0.05, 0.1) is 17.7 Å². The zero-order valence-corrected chi connectivity index (χ0v) is 16.6.